The van der Waals surface area contributed by atoms with Crippen LogP contribution in [0.5, 0.6) is 0 Å². The van der Waals surface area contributed by atoms with Gasteiger partial charge in [-0.1, -0.05) is 0 Å². The van der Waals surface area contributed by atoms with Gasteiger partial charge in [-0.15, -0.1) is 0 Å². The van der Waals surface area contributed by atoms with Crippen LogP contribution in [0.15, 0.2) is 41.7 Å². The molecule has 1 rings (SSSR count). The number of hydrogen-bond donors (Lipinski definition) is 0. The number of hydrogen-bond acceptors (Lipinski definition) is 3. The predicted octanol–water partition coefficient (Wildman–Crippen LogP) is 2.10. The second-order valence-corrected chi connectivity index (χ2v) is 3.45. The van der Waals surface area contributed by atoms with E-state index in [1.807, 2.05) is 0 Å². The van der Waals surface area contributed by atoms with Crippen LogP contribution in [0, 0.1) is 11.9 Å². The monoisotopic (exact) mass is 310 g/mol. The van der Waals surface area contributed by atoms with Crippen molar-refractivity contribution in [1.82, 2.24) is 0 Å². The Balaban J connectivity index is 0.00000324. The van der Waals surface area contributed by atoms with Gasteiger partial charge in [0.05, 0.1) is 0 Å². The number of benzene rings is 1. The van der Waals surface area contributed by atoms with Crippen molar-refractivity contribution in [2.24, 2.45) is 0 Å². The Labute approximate surface area is 116 Å². The van der Waals surface area contributed by atoms with Crippen LogP contribution in [0.1, 0.15) is 5.56 Å². The van der Waals surface area contributed by atoms with Crippen LogP contribution < -0.4 is 0 Å². The standard InChI is InChI=1S/C13H9F2O2.Ni.H2O/c1-3-11(13(16)17-2)12(15)8-9-4-6-10(14)7-5-9;;/h1,3-7H,2H3;;1H2/q-1;;/p-1/b11-3+;;. The molecule has 19 heavy (non-hydrogen) atoms. The first-order valence-corrected chi connectivity index (χ1v) is 5.39. The first-order chi connectivity index (χ1) is 8.58. The Morgan fingerprint density at radius 2 is 1.95 bits per heavy atom. The van der Waals surface area contributed by atoms with Crippen molar-refractivity contribution < 1.29 is 38.8 Å². The first kappa shape index (κ1) is 17.4. The second-order valence-electron chi connectivity index (χ2n) is 3.12. The summed E-state index contributed by atoms with van der Waals surface area (Å²) >= 11 is 4.24. The van der Waals surface area contributed by atoms with E-state index in [9.17, 15) is 13.6 Å². The van der Waals surface area contributed by atoms with Gasteiger partial charge in [0.15, 0.2) is 0 Å². The number of rotatable bonds is 4. The third kappa shape index (κ3) is 5.24. The van der Waals surface area contributed by atoms with Crippen LogP contribution in [0.2, 0.25) is 0 Å². The summed E-state index contributed by atoms with van der Waals surface area (Å²) < 4.78 is 30.8. The molecule has 0 unspecified atom stereocenters. The molecular weight excluding hydrogens is 301 g/mol. The molecule has 0 radical (unpaired) electrons. The SMILES string of the molecule is COC(=O)/C(=C/[CH]=[Ni])C(F)=[C-]c1ccc(F)cc1.[OH-]. The van der Waals surface area contributed by atoms with Gasteiger partial charge in [-0.2, -0.15) is 0 Å². The molecule has 1 N–H and O–H groups in total. The van der Waals surface area contributed by atoms with Crippen molar-refractivity contribution in [3.8, 4) is 0 Å². The van der Waals surface area contributed by atoms with Crippen LogP contribution in [0.25, 0.3) is 0 Å². The molecule has 106 valence electrons. The van der Waals surface area contributed by atoms with E-state index < -0.39 is 17.6 Å². The summed E-state index contributed by atoms with van der Waals surface area (Å²) in [6.45, 7) is 0. The molecule has 1 aromatic rings. The fourth-order valence-electron chi connectivity index (χ4n) is 1.12. The Morgan fingerprint density at radius 3 is 2.42 bits per heavy atom. The van der Waals surface area contributed by atoms with Crippen LogP contribution >= 0.6 is 0 Å². The van der Waals surface area contributed by atoms with E-state index in [0.717, 1.165) is 18.2 Å². The van der Waals surface area contributed by atoms with E-state index in [2.05, 4.69) is 25.8 Å². The Kier molecular flexibility index (Phi) is 7.72. The average molecular weight is 311 g/mol. The molecule has 0 spiro atoms. The minimum Gasteiger partial charge on any atom is -0.870 e. The molecule has 0 aromatic heterocycles. The van der Waals surface area contributed by atoms with Crippen molar-refractivity contribution in [3.05, 3.63) is 59.2 Å². The maximum absolute atomic E-state index is 13.8. The number of esters is 1. The molecule has 0 heterocycles. The summed E-state index contributed by atoms with van der Waals surface area (Å²) in [5.41, 5.74) is -0.0233. The summed E-state index contributed by atoms with van der Waals surface area (Å²) in [6, 6.07) is 5.00. The number of allylic oxidation sites excluding steroid dienone is 1. The summed E-state index contributed by atoms with van der Waals surface area (Å²) in [7, 11) is 1.13. The van der Waals surface area contributed by atoms with Crippen LogP contribution in [-0.2, 0) is 24.6 Å². The molecule has 0 aliphatic heterocycles. The molecule has 0 aliphatic rings. The van der Waals surface area contributed by atoms with Gasteiger partial charge in [0.1, 0.15) is 0 Å². The molecule has 1 aromatic carbocycles. The summed E-state index contributed by atoms with van der Waals surface area (Å²) in [5, 5.41) is 0. The largest absolute Gasteiger partial charge is 0.870 e. The molecule has 0 fully saturated rings. The van der Waals surface area contributed by atoms with Gasteiger partial charge in [0.2, 0.25) is 0 Å². The van der Waals surface area contributed by atoms with Crippen molar-refractivity contribution in [1.29, 1.82) is 0 Å². The molecular formula is C13H10F2NiO3-2. The van der Waals surface area contributed by atoms with Gasteiger partial charge in [-0.3, -0.25) is 0 Å². The topological polar surface area (TPSA) is 56.3 Å². The third-order valence-electron chi connectivity index (χ3n) is 1.96. The normalized spacial score (nSPS) is 11.6. The zero-order chi connectivity index (χ0) is 13.5. The molecule has 0 bridgehead atoms. The molecule has 6 heteroatoms. The molecule has 0 saturated heterocycles. The van der Waals surface area contributed by atoms with Crippen LogP contribution in [0.4, 0.5) is 8.78 Å². The minimum absolute atomic E-state index is 0. The molecule has 3 nitrogen and oxygen atoms in total. The van der Waals surface area contributed by atoms with E-state index in [4.69, 9.17) is 0 Å². The van der Waals surface area contributed by atoms with Gasteiger partial charge in [-0.05, 0) is 0 Å². The smallest absolute Gasteiger partial charge is 0.870 e. The zero-order valence-electron chi connectivity index (χ0n) is 9.80. The predicted molar refractivity (Wildman–Crippen MR) is 61.5 cm³/mol. The number of carbonyl (C=O) groups is 1. The van der Waals surface area contributed by atoms with E-state index in [-0.39, 0.29) is 11.0 Å². The summed E-state index contributed by atoms with van der Waals surface area (Å²) in [6.07, 6.45) is 3.44. The average Bonchev–Trinajstić information content (AvgIpc) is 2.37. The minimum atomic E-state index is -0.915. The fourth-order valence-corrected chi connectivity index (χ4v) is 1.29. The van der Waals surface area contributed by atoms with Gasteiger partial charge in [0, 0.05) is 0 Å². The van der Waals surface area contributed by atoms with E-state index in [1.54, 1.807) is 0 Å². The van der Waals surface area contributed by atoms with Crippen molar-refractivity contribution >= 4 is 11.0 Å². The second kappa shape index (κ2) is 8.45. The maximum atomic E-state index is 13.8. The number of methoxy groups -OCH3 is 1. The Hall–Kier alpha value is -1.65. The van der Waals surface area contributed by atoms with Gasteiger partial charge < -0.3 is 5.48 Å². The first-order valence-electron chi connectivity index (χ1n) is 4.82. The van der Waals surface area contributed by atoms with E-state index in [0.29, 0.717) is 5.56 Å². The number of carbonyl (C=O) groups excluding carboxylic acids is 1. The van der Waals surface area contributed by atoms with Crippen molar-refractivity contribution in [3.63, 3.8) is 0 Å². The number of halogens is 2. The van der Waals surface area contributed by atoms with E-state index in [1.165, 1.54) is 24.3 Å². The van der Waals surface area contributed by atoms with E-state index >= 15 is 0 Å². The summed E-state index contributed by atoms with van der Waals surface area (Å²) in [5.74, 6) is -2.21. The van der Waals surface area contributed by atoms with Gasteiger partial charge in [-0.25, -0.2) is 0 Å². The van der Waals surface area contributed by atoms with Gasteiger partial charge in [0.25, 0.3) is 0 Å². The maximum Gasteiger partial charge on any atom is -0.870 e. The molecule has 0 saturated carbocycles. The van der Waals surface area contributed by atoms with Crippen molar-refractivity contribution in [2.45, 2.75) is 0 Å². The fraction of sp³-hybridized carbons (Fsp3) is 0.0769. The van der Waals surface area contributed by atoms with Gasteiger partial charge >= 0.3 is 111 Å². The summed E-state index contributed by atoms with van der Waals surface area (Å²) in [4.78, 5) is 12.4. The van der Waals surface area contributed by atoms with Crippen LogP contribution in [0.3, 0.4) is 0 Å². The Morgan fingerprint density at radius 1 is 1.37 bits per heavy atom. The molecule has 0 amide bonds. The quantitative estimate of drug-likeness (QED) is 0.281. The molecule has 0 aliphatic carbocycles. The zero-order valence-corrected chi connectivity index (χ0v) is 10.8. The Bertz CT molecular complexity index is 507. The van der Waals surface area contributed by atoms with Crippen molar-refractivity contribution in [2.75, 3.05) is 7.11 Å². The third-order valence-corrected chi connectivity index (χ3v) is 2.12. The molecule has 0 atom stereocenters. The number of ether oxygens (including phenoxy) is 1. The van der Waals surface area contributed by atoms with Crippen LogP contribution in [-0.4, -0.2) is 23.5 Å².